The fraction of sp³-hybridized carbons (Fsp3) is 0.538. The molecule has 1 N–H and O–H groups in total. The highest BCUT2D eigenvalue weighted by Gasteiger charge is 2.23. The molecule has 2 nitrogen and oxygen atoms in total. The first-order chi connectivity index (χ1) is 7.27. The number of hydrogen-bond donors (Lipinski definition) is 1. The van der Waals surface area contributed by atoms with Crippen LogP contribution in [0, 0.1) is 0 Å². The van der Waals surface area contributed by atoms with Crippen molar-refractivity contribution in [1.29, 1.82) is 0 Å². The zero-order chi connectivity index (χ0) is 12.5. The average molecular weight is 287 g/mol. The van der Waals surface area contributed by atoms with Crippen LogP contribution in [0.15, 0.2) is 16.6 Å². The summed E-state index contributed by atoms with van der Waals surface area (Å²) in [4.78, 5) is 0. The molecule has 0 bridgehead atoms. The Morgan fingerprint density at radius 1 is 1.31 bits per heavy atom. The lowest BCUT2D eigenvalue weighted by Gasteiger charge is -2.23. The Bertz CT molecular complexity index is 378. The van der Waals surface area contributed by atoms with E-state index in [9.17, 15) is 5.11 Å². The number of rotatable bonds is 3. The normalized spacial score (nSPS) is 12.0. The number of ether oxygens (including phenoxy) is 1. The van der Waals surface area contributed by atoms with Gasteiger partial charge in [0.1, 0.15) is 5.75 Å². The van der Waals surface area contributed by atoms with Crippen LogP contribution in [0.5, 0.6) is 5.75 Å². The highest BCUT2D eigenvalue weighted by Crippen LogP contribution is 2.38. The summed E-state index contributed by atoms with van der Waals surface area (Å²) in [6.07, 6.45) is 0. The summed E-state index contributed by atoms with van der Waals surface area (Å²) < 4.78 is 6.22. The van der Waals surface area contributed by atoms with Crippen LogP contribution in [0.2, 0.25) is 0 Å². The maximum absolute atomic E-state index is 10.1. The van der Waals surface area contributed by atoms with Gasteiger partial charge in [0.2, 0.25) is 0 Å². The molecule has 1 aromatic carbocycles. The molecule has 0 spiro atoms. The summed E-state index contributed by atoms with van der Waals surface area (Å²) in [5.41, 5.74) is 1.09. The lowest BCUT2D eigenvalue weighted by molar-refractivity contribution is 0.0754. The maximum Gasteiger partial charge on any atom is 0.139 e. The van der Waals surface area contributed by atoms with E-state index in [1.807, 2.05) is 12.1 Å². The summed E-state index contributed by atoms with van der Waals surface area (Å²) in [6, 6.07) is 4.05. The molecule has 0 saturated carbocycles. The number of aliphatic hydroxyl groups is 1. The van der Waals surface area contributed by atoms with Crippen molar-refractivity contribution in [1.82, 2.24) is 0 Å². The Morgan fingerprint density at radius 3 is 2.25 bits per heavy atom. The fourth-order valence-corrected chi connectivity index (χ4v) is 2.25. The van der Waals surface area contributed by atoms with Gasteiger partial charge in [0.15, 0.2) is 0 Å². The molecule has 0 unspecified atom stereocenters. The summed E-state index contributed by atoms with van der Waals surface area (Å²) in [5.74, 6) is 1.13. The van der Waals surface area contributed by atoms with Crippen molar-refractivity contribution in [3.63, 3.8) is 0 Å². The van der Waals surface area contributed by atoms with Gasteiger partial charge in [-0.3, -0.25) is 0 Å². The van der Waals surface area contributed by atoms with Crippen molar-refractivity contribution in [2.24, 2.45) is 0 Å². The minimum Gasteiger partial charge on any atom is -0.495 e. The van der Waals surface area contributed by atoms with Crippen LogP contribution in [-0.2, 0) is 5.60 Å². The first-order valence-electron chi connectivity index (χ1n) is 5.37. The second kappa shape index (κ2) is 4.76. The van der Waals surface area contributed by atoms with Gasteiger partial charge in [0.05, 0.1) is 17.2 Å². The third kappa shape index (κ3) is 2.77. The summed E-state index contributed by atoms with van der Waals surface area (Å²) in [7, 11) is 1.62. The SMILES string of the molecule is COc1c(Br)cc(C(C)C)cc1C(C)(C)O. The van der Waals surface area contributed by atoms with Crippen LogP contribution in [0.1, 0.15) is 44.7 Å². The van der Waals surface area contributed by atoms with E-state index in [0.717, 1.165) is 10.0 Å². The molecule has 90 valence electrons. The summed E-state index contributed by atoms with van der Waals surface area (Å²) in [6.45, 7) is 7.79. The van der Waals surface area contributed by atoms with E-state index in [2.05, 4.69) is 29.8 Å². The molecule has 0 fully saturated rings. The van der Waals surface area contributed by atoms with Gasteiger partial charge < -0.3 is 9.84 Å². The van der Waals surface area contributed by atoms with Crippen LogP contribution < -0.4 is 4.74 Å². The molecule has 0 saturated heterocycles. The van der Waals surface area contributed by atoms with Gasteiger partial charge in [0, 0.05) is 5.56 Å². The van der Waals surface area contributed by atoms with E-state index >= 15 is 0 Å². The van der Waals surface area contributed by atoms with Crippen molar-refractivity contribution in [3.8, 4) is 5.75 Å². The van der Waals surface area contributed by atoms with Crippen molar-refractivity contribution in [2.75, 3.05) is 7.11 Å². The molecule has 16 heavy (non-hydrogen) atoms. The van der Waals surface area contributed by atoms with Crippen LogP contribution in [0.25, 0.3) is 0 Å². The predicted octanol–water partition coefficient (Wildman–Crippen LogP) is 3.81. The van der Waals surface area contributed by atoms with Crippen molar-refractivity contribution >= 4 is 15.9 Å². The Balaban J connectivity index is 3.43. The smallest absolute Gasteiger partial charge is 0.139 e. The number of methoxy groups -OCH3 is 1. The monoisotopic (exact) mass is 286 g/mol. The molecule has 0 heterocycles. The third-order valence-electron chi connectivity index (χ3n) is 2.60. The number of halogens is 1. The van der Waals surface area contributed by atoms with E-state index < -0.39 is 5.60 Å². The Labute approximate surface area is 106 Å². The molecular weight excluding hydrogens is 268 g/mol. The molecule has 0 aliphatic rings. The molecule has 0 aromatic heterocycles. The van der Waals surface area contributed by atoms with Gasteiger partial charge in [-0.15, -0.1) is 0 Å². The van der Waals surface area contributed by atoms with Gasteiger partial charge in [-0.05, 0) is 53.4 Å². The highest BCUT2D eigenvalue weighted by molar-refractivity contribution is 9.10. The summed E-state index contributed by atoms with van der Waals surface area (Å²) in [5, 5.41) is 10.1. The van der Waals surface area contributed by atoms with Gasteiger partial charge in [-0.2, -0.15) is 0 Å². The first kappa shape index (κ1) is 13.5. The predicted molar refractivity (Wildman–Crippen MR) is 70.0 cm³/mol. The number of benzene rings is 1. The zero-order valence-corrected chi connectivity index (χ0v) is 12.1. The molecule has 1 aromatic rings. The standard InChI is InChI=1S/C13H19BrO2/c1-8(2)9-6-10(13(3,4)15)12(16-5)11(14)7-9/h6-8,15H,1-5H3. The van der Waals surface area contributed by atoms with E-state index in [-0.39, 0.29) is 0 Å². The molecule has 1 rings (SSSR count). The Hall–Kier alpha value is -0.540. The maximum atomic E-state index is 10.1. The first-order valence-corrected chi connectivity index (χ1v) is 6.17. The number of hydrogen-bond acceptors (Lipinski definition) is 2. The van der Waals surface area contributed by atoms with Crippen molar-refractivity contribution in [3.05, 3.63) is 27.7 Å². The molecular formula is C13H19BrO2. The Kier molecular flexibility index (Phi) is 4.02. The lowest BCUT2D eigenvalue weighted by Crippen LogP contribution is -2.17. The Morgan fingerprint density at radius 2 is 1.88 bits per heavy atom. The minimum absolute atomic E-state index is 0.420. The van der Waals surface area contributed by atoms with E-state index in [0.29, 0.717) is 11.7 Å². The zero-order valence-electron chi connectivity index (χ0n) is 10.5. The van der Waals surface area contributed by atoms with Crippen molar-refractivity contribution < 1.29 is 9.84 Å². The van der Waals surface area contributed by atoms with Crippen LogP contribution >= 0.6 is 15.9 Å². The van der Waals surface area contributed by atoms with Gasteiger partial charge in [-0.1, -0.05) is 13.8 Å². The topological polar surface area (TPSA) is 29.5 Å². The van der Waals surface area contributed by atoms with E-state index in [1.165, 1.54) is 5.56 Å². The third-order valence-corrected chi connectivity index (χ3v) is 3.18. The molecule has 0 aliphatic carbocycles. The molecule has 0 radical (unpaired) electrons. The molecule has 0 amide bonds. The minimum atomic E-state index is -0.904. The molecule has 0 aliphatic heterocycles. The average Bonchev–Trinajstić information content (AvgIpc) is 2.14. The van der Waals surface area contributed by atoms with Gasteiger partial charge in [-0.25, -0.2) is 0 Å². The van der Waals surface area contributed by atoms with E-state index in [4.69, 9.17) is 4.74 Å². The second-order valence-electron chi connectivity index (χ2n) is 4.80. The quantitative estimate of drug-likeness (QED) is 0.916. The van der Waals surface area contributed by atoms with Gasteiger partial charge >= 0.3 is 0 Å². The van der Waals surface area contributed by atoms with Crippen LogP contribution in [0.3, 0.4) is 0 Å². The second-order valence-corrected chi connectivity index (χ2v) is 5.65. The van der Waals surface area contributed by atoms with Gasteiger partial charge in [0.25, 0.3) is 0 Å². The molecule has 0 atom stereocenters. The molecule has 3 heteroatoms. The lowest BCUT2D eigenvalue weighted by atomic mass is 9.92. The largest absolute Gasteiger partial charge is 0.495 e. The van der Waals surface area contributed by atoms with Crippen LogP contribution in [-0.4, -0.2) is 12.2 Å². The van der Waals surface area contributed by atoms with Crippen molar-refractivity contribution in [2.45, 2.75) is 39.2 Å². The van der Waals surface area contributed by atoms with E-state index in [1.54, 1.807) is 21.0 Å². The fourth-order valence-electron chi connectivity index (χ4n) is 1.61. The summed E-state index contributed by atoms with van der Waals surface area (Å²) >= 11 is 3.48. The highest BCUT2D eigenvalue weighted by atomic mass is 79.9. The van der Waals surface area contributed by atoms with Crippen LogP contribution in [0.4, 0.5) is 0 Å².